The van der Waals surface area contributed by atoms with E-state index >= 15 is 0 Å². The summed E-state index contributed by atoms with van der Waals surface area (Å²) >= 11 is 0. The average molecular weight is 1480 g/mol. The van der Waals surface area contributed by atoms with Gasteiger partial charge in [-0.2, -0.15) is 0 Å². The molecule has 15 nitrogen and oxygen atoms in total. The Morgan fingerprint density at radius 3 is 1.06 bits per heavy atom. The fourth-order valence-corrected chi connectivity index (χ4v) is 12.9. The molecule has 0 aliphatic carbocycles. The minimum Gasteiger partial charge on any atom is -0.491 e. The third kappa shape index (κ3) is 42.5. The van der Waals surface area contributed by atoms with Crippen LogP contribution in [0.1, 0.15) is 333 Å². The van der Waals surface area contributed by atoms with E-state index in [-0.39, 0.29) is 44.2 Å². The lowest BCUT2D eigenvalue weighted by atomic mass is 9.99. The summed E-state index contributed by atoms with van der Waals surface area (Å²) in [6.45, 7) is 31.5. The lowest BCUT2D eigenvalue weighted by molar-refractivity contribution is -0.123. The first-order valence-corrected chi connectivity index (χ1v) is 42.4. The topological polar surface area (TPSA) is 187 Å². The Bertz CT molecular complexity index is 2810. The van der Waals surface area contributed by atoms with Crippen LogP contribution >= 0.6 is 0 Å². The van der Waals surface area contributed by atoms with Crippen LogP contribution in [0, 0.1) is 35.5 Å². The van der Waals surface area contributed by atoms with Crippen LogP contribution in [0.2, 0.25) is 0 Å². The lowest BCUT2D eigenvalue weighted by Crippen LogP contribution is -2.47. The summed E-state index contributed by atoms with van der Waals surface area (Å²) in [4.78, 5) is 43.9. The molecule has 3 amide bonds. The van der Waals surface area contributed by atoms with Crippen LogP contribution in [-0.2, 0) is 9.53 Å². The van der Waals surface area contributed by atoms with Crippen LogP contribution in [0.15, 0.2) is 78.9 Å². The van der Waals surface area contributed by atoms with Crippen molar-refractivity contribution in [2.45, 2.75) is 307 Å². The summed E-state index contributed by atoms with van der Waals surface area (Å²) in [5.41, 5.74) is 9.30. The summed E-state index contributed by atoms with van der Waals surface area (Å²) in [6.07, 6.45) is 34.2. The van der Waals surface area contributed by atoms with Crippen molar-refractivity contribution in [1.29, 1.82) is 0 Å². The molecule has 4 aromatic rings. The van der Waals surface area contributed by atoms with E-state index in [4.69, 9.17) is 43.6 Å². The normalized spacial score (nSPS) is 12.2. The molecule has 0 heterocycles. The van der Waals surface area contributed by atoms with Crippen molar-refractivity contribution < 1.29 is 52.3 Å². The van der Waals surface area contributed by atoms with Gasteiger partial charge in [-0.3, -0.25) is 14.4 Å². The Morgan fingerprint density at radius 2 is 0.660 bits per heavy atom. The molecule has 2 atom stereocenters. The molecule has 0 fully saturated rings. The Labute approximate surface area is 644 Å². The van der Waals surface area contributed by atoms with E-state index in [2.05, 4.69) is 99.0 Å². The fraction of sp³-hybridized carbons (Fsp3) is 0.703. The van der Waals surface area contributed by atoms with E-state index < -0.39 is 11.9 Å². The highest BCUT2D eigenvalue weighted by Crippen LogP contribution is 2.42. The number of amides is 3. The number of nitrogens with two attached hydrogens (primary N) is 1. The van der Waals surface area contributed by atoms with Crippen LogP contribution in [0.4, 0.5) is 0 Å². The molecule has 5 N–H and O–H groups in total. The van der Waals surface area contributed by atoms with Gasteiger partial charge in [0.05, 0.1) is 58.9 Å². The van der Waals surface area contributed by atoms with Crippen LogP contribution < -0.4 is 54.8 Å². The third-order valence-electron chi connectivity index (χ3n) is 19.4. The second kappa shape index (κ2) is 57.9. The van der Waals surface area contributed by atoms with Crippen LogP contribution in [0.3, 0.4) is 0 Å². The van der Waals surface area contributed by atoms with Gasteiger partial charge in [0, 0.05) is 29.8 Å². The van der Waals surface area contributed by atoms with E-state index in [1.165, 1.54) is 77.0 Å². The molecule has 0 spiro atoms. The zero-order valence-electron chi connectivity index (χ0n) is 68.8. The molecule has 15 heteroatoms. The van der Waals surface area contributed by atoms with Gasteiger partial charge < -0.3 is 59.6 Å². The number of unbranched alkanes of at least 4 members (excludes halogenated alkanes) is 19. The zero-order valence-corrected chi connectivity index (χ0v) is 68.8. The SMILES string of the molecule is CC(C)CCCCCCOc1cc(C(=O)NCCCCC(NC(=O)c2cc(OCCCCCCC(C)C)c(OCCCCCCC(C)C)c(OCCCCCCC(C)C)c2)C(=O)NCCOCCOc2ccccc2C(N)c2ccccc2)cc(OCCCCCCC(C)C)c1OCCCCCCC(C)C. The van der Waals surface area contributed by atoms with Crippen LogP contribution in [-0.4, -0.2) is 96.3 Å². The summed E-state index contributed by atoms with van der Waals surface area (Å²) < 4.78 is 51.9. The monoisotopic (exact) mass is 1480 g/mol. The number of rotatable bonds is 66. The van der Waals surface area contributed by atoms with E-state index in [0.717, 1.165) is 127 Å². The molecule has 0 radical (unpaired) electrons. The average Bonchev–Trinajstić information content (AvgIpc) is 0.836. The summed E-state index contributed by atoms with van der Waals surface area (Å²) in [6, 6.07) is 23.5. The first-order valence-electron chi connectivity index (χ1n) is 42.4. The van der Waals surface area contributed by atoms with Crippen molar-refractivity contribution in [3.63, 3.8) is 0 Å². The minimum atomic E-state index is -0.939. The van der Waals surface area contributed by atoms with Gasteiger partial charge >= 0.3 is 0 Å². The number of carbonyl (C=O) groups excluding carboxylic acids is 3. The molecule has 0 bridgehead atoms. The Balaban J connectivity index is 1.60. The molecule has 0 saturated carbocycles. The second-order valence-electron chi connectivity index (χ2n) is 32.2. The number of benzene rings is 4. The van der Waals surface area contributed by atoms with Gasteiger partial charge in [0.25, 0.3) is 11.8 Å². The Hall–Kier alpha value is -6.19. The highest BCUT2D eigenvalue weighted by atomic mass is 16.6. The van der Waals surface area contributed by atoms with Gasteiger partial charge in [-0.05, 0) is 129 Å². The number of carbonyl (C=O) groups is 3. The highest BCUT2D eigenvalue weighted by Gasteiger charge is 2.26. The largest absolute Gasteiger partial charge is 0.491 e. The van der Waals surface area contributed by atoms with Gasteiger partial charge in [0.2, 0.25) is 17.4 Å². The van der Waals surface area contributed by atoms with Crippen molar-refractivity contribution in [3.05, 3.63) is 101 Å². The van der Waals surface area contributed by atoms with Crippen molar-refractivity contribution in [2.75, 3.05) is 72.6 Å². The zero-order chi connectivity index (χ0) is 76.8. The highest BCUT2D eigenvalue weighted by molar-refractivity contribution is 5.98. The maximum atomic E-state index is 15.0. The fourth-order valence-electron chi connectivity index (χ4n) is 12.9. The third-order valence-corrected chi connectivity index (χ3v) is 19.4. The van der Waals surface area contributed by atoms with Gasteiger partial charge in [0.1, 0.15) is 18.4 Å². The maximum absolute atomic E-state index is 15.0. The molecule has 106 heavy (non-hydrogen) atoms. The number of nitrogens with one attached hydrogen (secondary N) is 3. The maximum Gasteiger partial charge on any atom is 0.252 e. The van der Waals surface area contributed by atoms with Crippen molar-refractivity contribution in [2.24, 2.45) is 41.2 Å². The van der Waals surface area contributed by atoms with Gasteiger partial charge in [-0.1, -0.05) is 286 Å². The second-order valence-corrected chi connectivity index (χ2v) is 32.2. The van der Waals surface area contributed by atoms with E-state index in [1.54, 1.807) is 12.1 Å². The van der Waals surface area contributed by atoms with Crippen LogP contribution in [0.25, 0.3) is 0 Å². The van der Waals surface area contributed by atoms with Crippen molar-refractivity contribution in [1.82, 2.24) is 16.0 Å². The van der Waals surface area contributed by atoms with Gasteiger partial charge in [0.15, 0.2) is 23.0 Å². The molecule has 4 rings (SSSR count). The standard InChI is InChI=1S/C91H150N4O11/c1-70(2)44-26-13-19-38-57-100-82-66-77(67-83(101-58-39-20-14-27-45-71(3)4)87(82)105-61-42-23-17-30-48-74(9)10)89(96)93-55-37-36-53-80(91(98)94-56-63-99-64-65-104-81-54-35-34-52-79(81)86(92)76-50-32-25-33-51-76)95-90(97)78-68-84(102-59-40-21-15-28-46-72(5)6)88(106-62-43-24-18-31-49-75(11)12)85(69-78)103-60-41-22-16-29-47-73(7)8/h25,32-35,50-52,54,66-75,80,86H,13-24,26-31,36-49,53,55-65,92H2,1-12H3,(H,93,96)(H,94,98)(H,95,97). The summed E-state index contributed by atoms with van der Waals surface area (Å²) in [5.74, 6) is 6.76. The molecule has 600 valence electrons. The van der Waals surface area contributed by atoms with Gasteiger partial charge in [-0.25, -0.2) is 0 Å². The molecule has 0 aromatic heterocycles. The quantitative estimate of drug-likeness (QED) is 0.0307. The Kier molecular flexibility index (Phi) is 50.3. The number of ether oxygens (including phenoxy) is 8. The molecule has 0 aliphatic rings. The van der Waals surface area contributed by atoms with E-state index in [0.29, 0.717) is 152 Å². The molecule has 4 aromatic carbocycles. The smallest absolute Gasteiger partial charge is 0.252 e. The predicted molar refractivity (Wildman–Crippen MR) is 439 cm³/mol. The number of hydrogen-bond donors (Lipinski definition) is 4. The van der Waals surface area contributed by atoms with E-state index in [1.807, 2.05) is 66.7 Å². The molecule has 2 unspecified atom stereocenters. The molecule has 0 aliphatic heterocycles. The number of para-hydroxylation sites is 1. The lowest BCUT2D eigenvalue weighted by Gasteiger charge is -2.21. The molecular weight excluding hydrogens is 1330 g/mol. The van der Waals surface area contributed by atoms with Crippen molar-refractivity contribution in [3.8, 4) is 40.2 Å². The first kappa shape index (κ1) is 92.2. The number of hydrogen-bond acceptors (Lipinski definition) is 12. The summed E-state index contributed by atoms with van der Waals surface area (Å²) in [7, 11) is 0. The van der Waals surface area contributed by atoms with Gasteiger partial charge in [-0.15, -0.1) is 0 Å². The van der Waals surface area contributed by atoms with E-state index in [9.17, 15) is 14.4 Å². The molecule has 0 saturated heterocycles. The Morgan fingerprint density at radius 1 is 0.321 bits per heavy atom. The molecular formula is C91H150N4O11. The minimum absolute atomic E-state index is 0.196. The first-order chi connectivity index (χ1) is 51.3. The van der Waals surface area contributed by atoms with Crippen LogP contribution in [0.5, 0.6) is 40.2 Å². The predicted octanol–water partition coefficient (Wildman–Crippen LogP) is 22.6. The summed E-state index contributed by atoms with van der Waals surface area (Å²) in [5, 5.41) is 9.36. The van der Waals surface area contributed by atoms with Crippen molar-refractivity contribution >= 4 is 17.7 Å².